The second-order valence-electron chi connectivity index (χ2n) is 3.23. The van der Waals surface area contributed by atoms with Gasteiger partial charge in [0.05, 0.1) is 0 Å². The molecule has 0 saturated heterocycles. The molecule has 1 aromatic heterocycles. The number of hydrogen-bond donors (Lipinski definition) is 2. The first-order valence-corrected chi connectivity index (χ1v) is 3.86. The molecule has 60 valence electrons. The molecule has 0 unspecified atom stereocenters. The Morgan fingerprint density at radius 1 is 1.64 bits per heavy atom. The number of nitrogens with one attached hydrogen (secondary N) is 1. The molecule has 0 radical (unpaired) electrons. The van der Waals surface area contributed by atoms with Crippen molar-refractivity contribution in [1.82, 2.24) is 15.2 Å². The predicted molar refractivity (Wildman–Crippen MR) is 41.1 cm³/mol. The fourth-order valence-electron chi connectivity index (χ4n) is 1.25. The van der Waals surface area contributed by atoms with Crippen molar-refractivity contribution in [3.63, 3.8) is 0 Å². The summed E-state index contributed by atoms with van der Waals surface area (Å²) in [6.07, 6.45) is 2.28. The van der Waals surface area contributed by atoms with Crippen LogP contribution in [0.2, 0.25) is 0 Å². The maximum absolute atomic E-state index is 5.62. The number of aromatic amines is 1. The number of hydrogen-bond acceptors (Lipinski definition) is 3. The van der Waals surface area contributed by atoms with Crippen LogP contribution >= 0.6 is 0 Å². The van der Waals surface area contributed by atoms with Crippen LogP contribution in [0.1, 0.15) is 24.5 Å². The van der Waals surface area contributed by atoms with Crippen LogP contribution < -0.4 is 5.73 Å². The number of aromatic nitrogens is 3. The minimum Gasteiger partial charge on any atom is -0.329 e. The number of rotatable bonds is 2. The van der Waals surface area contributed by atoms with Gasteiger partial charge in [0, 0.05) is 12.0 Å². The summed E-state index contributed by atoms with van der Waals surface area (Å²) in [4.78, 5) is 4.27. The normalized spacial score (nSPS) is 20.2. The second kappa shape index (κ2) is 2.04. The van der Waals surface area contributed by atoms with Gasteiger partial charge in [-0.25, -0.2) is 4.98 Å². The average Bonchev–Trinajstić information content (AvgIpc) is 2.70. The van der Waals surface area contributed by atoms with E-state index in [1.807, 2.05) is 6.92 Å². The summed E-state index contributed by atoms with van der Waals surface area (Å²) in [5.41, 5.74) is 5.75. The highest BCUT2D eigenvalue weighted by molar-refractivity contribution is 5.18. The molecule has 0 atom stereocenters. The van der Waals surface area contributed by atoms with Crippen LogP contribution in [0.3, 0.4) is 0 Å². The first-order chi connectivity index (χ1) is 5.27. The van der Waals surface area contributed by atoms with Crippen molar-refractivity contribution in [3.8, 4) is 0 Å². The number of nitrogens with two attached hydrogens (primary N) is 1. The molecule has 1 aliphatic carbocycles. The Morgan fingerprint density at radius 2 is 2.36 bits per heavy atom. The quantitative estimate of drug-likeness (QED) is 0.631. The Bertz CT molecular complexity index is 261. The topological polar surface area (TPSA) is 67.6 Å². The summed E-state index contributed by atoms with van der Waals surface area (Å²) in [6, 6.07) is 0. The third-order valence-electron chi connectivity index (χ3n) is 2.32. The Kier molecular flexibility index (Phi) is 1.26. The van der Waals surface area contributed by atoms with Gasteiger partial charge < -0.3 is 5.73 Å². The Hall–Kier alpha value is -0.900. The SMILES string of the molecule is Cc1nc(C2(CN)CC2)n[nH]1. The van der Waals surface area contributed by atoms with Crippen LogP contribution in [0.25, 0.3) is 0 Å². The Labute approximate surface area is 65.2 Å². The summed E-state index contributed by atoms with van der Waals surface area (Å²) in [6.45, 7) is 2.58. The van der Waals surface area contributed by atoms with Gasteiger partial charge in [-0.05, 0) is 19.8 Å². The molecule has 0 spiro atoms. The molecule has 1 heterocycles. The third kappa shape index (κ3) is 0.939. The van der Waals surface area contributed by atoms with Crippen LogP contribution in [0.4, 0.5) is 0 Å². The lowest BCUT2D eigenvalue weighted by molar-refractivity contribution is 0.652. The summed E-state index contributed by atoms with van der Waals surface area (Å²) < 4.78 is 0. The fourth-order valence-corrected chi connectivity index (χ4v) is 1.25. The third-order valence-corrected chi connectivity index (χ3v) is 2.32. The molecular weight excluding hydrogens is 140 g/mol. The molecule has 11 heavy (non-hydrogen) atoms. The van der Waals surface area contributed by atoms with E-state index in [-0.39, 0.29) is 5.41 Å². The molecule has 0 aromatic carbocycles. The number of aryl methyl sites for hydroxylation is 1. The molecule has 2 rings (SSSR count). The standard InChI is InChI=1S/C7H12N4/c1-5-9-6(11-10-5)7(4-8)2-3-7/h2-4,8H2,1H3,(H,9,10,11). The van der Waals surface area contributed by atoms with E-state index < -0.39 is 0 Å². The molecule has 1 aromatic rings. The highest BCUT2D eigenvalue weighted by Crippen LogP contribution is 2.45. The van der Waals surface area contributed by atoms with E-state index >= 15 is 0 Å². The lowest BCUT2D eigenvalue weighted by atomic mass is 10.1. The lowest BCUT2D eigenvalue weighted by Gasteiger charge is -2.04. The van der Waals surface area contributed by atoms with Crippen LogP contribution in [0.5, 0.6) is 0 Å². The molecule has 0 aliphatic heterocycles. The highest BCUT2D eigenvalue weighted by Gasteiger charge is 2.46. The number of nitrogens with zero attached hydrogens (tertiary/aromatic N) is 2. The zero-order chi connectivity index (χ0) is 7.90. The van der Waals surface area contributed by atoms with E-state index in [4.69, 9.17) is 5.73 Å². The highest BCUT2D eigenvalue weighted by atomic mass is 15.2. The van der Waals surface area contributed by atoms with Crippen LogP contribution in [0.15, 0.2) is 0 Å². The maximum Gasteiger partial charge on any atom is 0.158 e. The first kappa shape index (κ1) is 6.79. The molecule has 3 N–H and O–H groups in total. The maximum atomic E-state index is 5.62. The van der Waals surface area contributed by atoms with Gasteiger partial charge >= 0.3 is 0 Å². The molecule has 1 fully saturated rings. The lowest BCUT2D eigenvalue weighted by Crippen LogP contribution is -2.21. The zero-order valence-electron chi connectivity index (χ0n) is 6.59. The first-order valence-electron chi connectivity index (χ1n) is 3.86. The van der Waals surface area contributed by atoms with Crippen molar-refractivity contribution in [3.05, 3.63) is 11.6 Å². The summed E-state index contributed by atoms with van der Waals surface area (Å²) in [5, 5.41) is 6.94. The predicted octanol–water partition coefficient (Wildman–Crippen LogP) is 0.103. The van der Waals surface area contributed by atoms with Crippen molar-refractivity contribution in [2.75, 3.05) is 6.54 Å². The zero-order valence-corrected chi connectivity index (χ0v) is 6.59. The molecule has 0 bridgehead atoms. The Morgan fingerprint density at radius 3 is 2.73 bits per heavy atom. The van der Waals surface area contributed by atoms with Gasteiger partial charge in [0.15, 0.2) is 5.82 Å². The summed E-state index contributed by atoms with van der Waals surface area (Å²) >= 11 is 0. The minimum absolute atomic E-state index is 0.130. The second-order valence-corrected chi connectivity index (χ2v) is 3.23. The van der Waals surface area contributed by atoms with Gasteiger partial charge in [0.25, 0.3) is 0 Å². The molecule has 0 amide bonds. The average molecular weight is 152 g/mol. The fraction of sp³-hybridized carbons (Fsp3) is 0.714. The van der Waals surface area contributed by atoms with E-state index in [9.17, 15) is 0 Å². The monoisotopic (exact) mass is 152 g/mol. The van der Waals surface area contributed by atoms with E-state index in [0.717, 1.165) is 24.5 Å². The van der Waals surface area contributed by atoms with E-state index in [0.29, 0.717) is 6.54 Å². The van der Waals surface area contributed by atoms with E-state index in [1.54, 1.807) is 0 Å². The van der Waals surface area contributed by atoms with Crippen LogP contribution in [-0.4, -0.2) is 21.7 Å². The smallest absolute Gasteiger partial charge is 0.158 e. The van der Waals surface area contributed by atoms with Gasteiger partial charge in [0.2, 0.25) is 0 Å². The van der Waals surface area contributed by atoms with Crippen molar-refractivity contribution < 1.29 is 0 Å². The van der Waals surface area contributed by atoms with Gasteiger partial charge in [-0.1, -0.05) is 0 Å². The van der Waals surface area contributed by atoms with Crippen molar-refractivity contribution >= 4 is 0 Å². The summed E-state index contributed by atoms with van der Waals surface area (Å²) in [7, 11) is 0. The van der Waals surface area contributed by atoms with Crippen molar-refractivity contribution in [2.45, 2.75) is 25.2 Å². The largest absolute Gasteiger partial charge is 0.329 e. The molecular formula is C7H12N4. The van der Waals surface area contributed by atoms with E-state index in [2.05, 4.69) is 15.2 Å². The minimum atomic E-state index is 0.130. The van der Waals surface area contributed by atoms with Gasteiger partial charge in [-0.3, -0.25) is 5.10 Å². The van der Waals surface area contributed by atoms with E-state index in [1.165, 1.54) is 0 Å². The molecule has 4 nitrogen and oxygen atoms in total. The van der Waals surface area contributed by atoms with Crippen molar-refractivity contribution in [2.24, 2.45) is 5.73 Å². The number of H-pyrrole nitrogens is 1. The van der Waals surface area contributed by atoms with Crippen molar-refractivity contribution in [1.29, 1.82) is 0 Å². The van der Waals surface area contributed by atoms with Crippen LogP contribution in [0, 0.1) is 6.92 Å². The molecule has 1 saturated carbocycles. The van der Waals surface area contributed by atoms with Gasteiger partial charge in [0.1, 0.15) is 5.82 Å². The van der Waals surface area contributed by atoms with Crippen LogP contribution in [-0.2, 0) is 5.41 Å². The Balaban J connectivity index is 2.29. The van der Waals surface area contributed by atoms with Gasteiger partial charge in [-0.2, -0.15) is 5.10 Å². The molecule has 4 heteroatoms. The molecule has 1 aliphatic rings. The van der Waals surface area contributed by atoms with Gasteiger partial charge in [-0.15, -0.1) is 0 Å². The summed E-state index contributed by atoms with van der Waals surface area (Å²) in [5.74, 6) is 1.78.